The number of rotatable bonds is 4. The number of halogens is 1. The van der Waals surface area contributed by atoms with Crippen LogP contribution in [0, 0.1) is 0 Å². The first-order chi connectivity index (χ1) is 12.2. The van der Waals surface area contributed by atoms with Gasteiger partial charge >= 0.3 is 0 Å². The largest absolute Gasteiger partial charge is 0.472 e. The molecule has 2 aromatic heterocycles. The molecule has 2 aromatic carbocycles. The van der Waals surface area contributed by atoms with Crippen molar-refractivity contribution in [3.63, 3.8) is 0 Å². The summed E-state index contributed by atoms with van der Waals surface area (Å²) in [7, 11) is 5.79. The van der Waals surface area contributed by atoms with Gasteiger partial charge in [0.15, 0.2) is 5.65 Å². The third-order valence-electron chi connectivity index (χ3n) is 3.80. The maximum absolute atomic E-state index is 6.09. The topological polar surface area (TPSA) is 39.4 Å². The van der Waals surface area contributed by atoms with Crippen molar-refractivity contribution >= 4 is 30.6 Å². The summed E-state index contributed by atoms with van der Waals surface area (Å²) in [5, 5.41) is 5.20. The molecule has 6 heteroatoms. The molecule has 2 heterocycles. The van der Waals surface area contributed by atoms with Crippen LogP contribution in [-0.2, 0) is 6.61 Å². The van der Waals surface area contributed by atoms with Gasteiger partial charge in [0.05, 0.1) is 11.9 Å². The number of hydrogen-bond donors (Lipinski definition) is 0. The van der Waals surface area contributed by atoms with Crippen molar-refractivity contribution in [3.8, 4) is 17.1 Å². The van der Waals surface area contributed by atoms with Gasteiger partial charge in [0, 0.05) is 16.7 Å². The molecule has 0 bridgehead atoms. The fourth-order valence-corrected chi connectivity index (χ4v) is 2.81. The smallest absolute Gasteiger partial charge is 0.232 e. The van der Waals surface area contributed by atoms with Crippen molar-refractivity contribution in [2.45, 2.75) is 6.61 Å². The highest BCUT2D eigenvalue weighted by molar-refractivity contribution is 6.32. The minimum absolute atomic E-state index is 0.394. The highest BCUT2D eigenvalue weighted by Gasteiger charge is 2.09. The number of imidazole rings is 1. The third-order valence-corrected chi connectivity index (χ3v) is 4.03. The van der Waals surface area contributed by atoms with E-state index in [9.17, 15) is 0 Å². The Morgan fingerprint density at radius 1 is 1.04 bits per heavy atom. The van der Waals surface area contributed by atoms with E-state index >= 15 is 0 Å². The molecular formula is C19H13BClN3O. The van der Waals surface area contributed by atoms with Crippen LogP contribution in [-0.4, -0.2) is 22.4 Å². The average Bonchev–Trinajstić information content (AvgIpc) is 3.03. The lowest BCUT2D eigenvalue weighted by Gasteiger charge is -2.07. The fraction of sp³-hybridized carbons (Fsp3) is 0.0526. The van der Waals surface area contributed by atoms with Gasteiger partial charge in [-0.15, -0.1) is 5.10 Å². The second-order valence-electron chi connectivity index (χ2n) is 5.63. The number of fused-ring (bicyclic) bond motifs is 1. The number of benzene rings is 2. The Morgan fingerprint density at radius 2 is 1.92 bits per heavy atom. The Morgan fingerprint density at radius 3 is 2.76 bits per heavy atom. The first-order valence-electron chi connectivity index (χ1n) is 7.77. The van der Waals surface area contributed by atoms with Crippen LogP contribution in [0.4, 0.5) is 0 Å². The summed E-state index contributed by atoms with van der Waals surface area (Å²) in [4.78, 5) is 4.38. The third kappa shape index (κ3) is 3.37. The number of aromatic nitrogens is 3. The summed E-state index contributed by atoms with van der Waals surface area (Å²) >= 11 is 6.09. The Hall–Kier alpha value is -2.79. The van der Waals surface area contributed by atoms with Crippen LogP contribution < -0.4 is 10.2 Å². The second-order valence-corrected chi connectivity index (χ2v) is 6.07. The zero-order valence-electron chi connectivity index (χ0n) is 13.3. The van der Waals surface area contributed by atoms with Crippen molar-refractivity contribution in [2.75, 3.05) is 0 Å². The molecule has 4 nitrogen and oxygen atoms in total. The fourth-order valence-electron chi connectivity index (χ4n) is 2.62. The zero-order chi connectivity index (χ0) is 17.2. The van der Waals surface area contributed by atoms with Crippen molar-refractivity contribution in [3.05, 3.63) is 77.4 Å². The summed E-state index contributed by atoms with van der Waals surface area (Å²) in [5.41, 5.74) is 4.24. The SMILES string of the molecule is [B]c1cccc(COc2ccc3ncc(-c4cccc(Cl)c4)n3n2)c1. The van der Waals surface area contributed by atoms with Crippen LogP contribution in [0.15, 0.2) is 66.9 Å². The highest BCUT2D eigenvalue weighted by atomic mass is 35.5. The van der Waals surface area contributed by atoms with E-state index in [1.807, 2.05) is 54.6 Å². The molecule has 4 rings (SSSR count). The summed E-state index contributed by atoms with van der Waals surface area (Å²) < 4.78 is 7.55. The van der Waals surface area contributed by atoms with Crippen LogP contribution in [0.2, 0.25) is 5.02 Å². The Labute approximate surface area is 151 Å². The Balaban J connectivity index is 1.64. The molecule has 0 aliphatic carbocycles. The van der Waals surface area contributed by atoms with Crippen molar-refractivity contribution < 1.29 is 4.74 Å². The summed E-state index contributed by atoms with van der Waals surface area (Å²) in [6.07, 6.45) is 1.77. The van der Waals surface area contributed by atoms with E-state index < -0.39 is 0 Å². The van der Waals surface area contributed by atoms with Gasteiger partial charge in [-0.05, 0) is 23.8 Å². The quantitative estimate of drug-likeness (QED) is 0.532. The number of nitrogens with zero attached hydrogens (tertiary/aromatic N) is 3. The van der Waals surface area contributed by atoms with Crippen molar-refractivity contribution in [1.82, 2.24) is 14.6 Å². The van der Waals surface area contributed by atoms with E-state index in [0.29, 0.717) is 23.0 Å². The minimum Gasteiger partial charge on any atom is -0.472 e. The lowest BCUT2D eigenvalue weighted by atomic mass is 9.95. The summed E-state index contributed by atoms with van der Waals surface area (Å²) in [5.74, 6) is 0.510. The van der Waals surface area contributed by atoms with Crippen LogP contribution in [0.5, 0.6) is 5.88 Å². The zero-order valence-corrected chi connectivity index (χ0v) is 14.0. The molecule has 0 amide bonds. The molecule has 0 saturated heterocycles. The van der Waals surface area contributed by atoms with Gasteiger partial charge in [0.2, 0.25) is 5.88 Å². The van der Waals surface area contributed by atoms with E-state index in [0.717, 1.165) is 22.5 Å². The van der Waals surface area contributed by atoms with Crippen LogP contribution >= 0.6 is 11.6 Å². The van der Waals surface area contributed by atoms with Crippen LogP contribution in [0.1, 0.15) is 5.56 Å². The molecule has 0 fully saturated rings. The average molecular weight is 346 g/mol. The number of ether oxygens (including phenoxy) is 1. The maximum Gasteiger partial charge on any atom is 0.232 e. The van der Waals surface area contributed by atoms with E-state index in [2.05, 4.69) is 10.1 Å². The van der Waals surface area contributed by atoms with Crippen LogP contribution in [0.25, 0.3) is 16.9 Å². The molecule has 0 unspecified atom stereocenters. The Kier molecular flexibility index (Phi) is 4.16. The monoisotopic (exact) mass is 345 g/mol. The Bertz CT molecular complexity index is 1050. The molecule has 120 valence electrons. The molecule has 0 saturated carbocycles. The summed E-state index contributed by atoms with van der Waals surface area (Å²) in [6.45, 7) is 0.394. The van der Waals surface area contributed by atoms with E-state index in [-0.39, 0.29) is 0 Å². The molecule has 0 N–H and O–H groups in total. The molecule has 2 radical (unpaired) electrons. The lowest BCUT2D eigenvalue weighted by molar-refractivity contribution is 0.289. The molecule has 25 heavy (non-hydrogen) atoms. The van der Waals surface area contributed by atoms with Gasteiger partial charge in [-0.1, -0.05) is 53.5 Å². The molecule has 4 aromatic rings. The van der Waals surface area contributed by atoms with Gasteiger partial charge in [-0.3, -0.25) is 0 Å². The van der Waals surface area contributed by atoms with Gasteiger partial charge in [0.25, 0.3) is 0 Å². The standard InChI is InChI=1S/C19H13BClN3O/c20-15-5-1-3-13(9-15)12-25-19-8-7-18-22-11-17(24(18)23-19)14-4-2-6-16(21)10-14/h1-11H,12H2. The molecule has 0 aliphatic heterocycles. The van der Waals surface area contributed by atoms with E-state index in [1.54, 1.807) is 16.8 Å². The summed E-state index contributed by atoms with van der Waals surface area (Å²) in [6, 6.07) is 18.8. The molecule has 0 atom stereocenters. The highest BCUT2D eigenvalue weighted by Crippen LogP contribution is 2.24. The van der Waals surface area contributed by atoms with E-state index in [1.165, 1.54) is 0 Å². The van der Waals surface area contributed by atoms with Gasteiger partial charge in [0.1, 0.15) is 14.5 Å². The van der Waals surface area contributed by atoms with Crippen molar-refractivity contribution in [1.29, 1.82) is 0 Å². The predicted octanol–water partition coefficient (Wildman–Crippen LogP) is 3.42. The van der Waals surface area contributed by atoms with Crippen LogP contribution in [0.3, 0.4) is 0 Å². The predicted molar refractivity (Wildman–Crippen MR) is 99.6 cm³/mol. The lowest BCUT2D eigenvalue weighted by Crippen LogP contribution is -2.06. The first kappa shape index (κ1) is 15.7. The van der Waals surface area contributed by atoms with Crippen molar-refractivity contribution in [2.24, 2.45) is 0 Å². The van der Waals surface area contributed by atoms with E-state index in [4.69, 9.17) is 24.2 Å². The molecular weight excluding hydrogens is 332 g/mol. The second kappa shape index (κ2) is 6.61. The maximum atomic E-state index is 6.09. The minimum atomic E-state index is 0.394. The van der Waals surface area contributed by atoms with Gasteiger partial charge < -0.3 is 4.74 Å². The number of hydrogen-bond acceptors (Lipinski definition) is 3. The van der Waals surface area contributed by atoms with Gasteiger partial charge in [-0.25, -0.2) is 9.50 Å². The molecule has 0 aliphatic rings. The normalized spacial score (nSPS) is 10.9. The van der Waals surface area contributed by atoms with Gasteiger partial charge in [-0.2, -0.15) is 0 Å². The molecule has 0 spiro atoms. The first-order valence-corrected chi connectivity index (χ1v) is 8.15.